The molecule has 2 N–H and O–H groups in total. The zero-order valence-corrected chi connectivity index (χ0v) is 21.8. The molecule has 3 rings (SSSR count). The maximum atomic E-state index is 13.2. The third-order valence-corrected chi connectivity index (χ3v) is 8.88. The van der Waals surface area contributed by atoms with Crippen LogP contribution in [0.2, 0.25) is 0 Å². The Kier molecular flexibility index (Phi) is 9.08. The molecule has 11 heteroatoms. The van der Waals surface area contributed by atoms with Crippen LogP contribution in [0.25, 0.3) is 0 Å². The van der Waals surface area contributed by atoms with E-state index in [9.17, 15) is 31.2 Å². The summed E-state index contributed by atoms with van der Waals surface area (Å²) in [6.45, 7) is 7.02. The molecule has 0 unspecified atom stereocenters. The summed E-state index contributed by atoms with van der Waals surface area (Å²) in [4.78, 5) is 27.5. The number of amides is 2. The molecule has 202 valence electrons. The molecule has 2 aliphatic rings. The monoisotopic (exact) mass is 531 g/mol. The first-order chi connectivity index (χ1) is 16.8. The van der Waals surface area contributed by atoms with Gasteiger partial charge in [-0.3, -0.25) is 9.59 Å². The minimum Gasteiger partial charge on any atom is -0.340 e. The van der Waals surface area contributed by atoms with Crippen LogP contribution in [0.1, 0.15) is 62.4 Å². The second kappa shape index (κ2) is 11.5. The Morgan fingerprint density at radius 3 is 2.56 bits per heavy atom. The number of sulfone groups is 1. The van der Waals surface area contributed by atoms with Crippen molar-refractivity contribution < 1.29 is 31.2 Å². The van der Waals surface area contributed by atoms with E-state index in [-0.39, 0.29) is 41.0 Å². The molecule has 1 aliphatic carbocycles. The van der Waals surface area contributed by atoms with Crippen molar-refractivity contribution in [1.29, 1.82) is 0 Å². The number of nitrogens with one attached hydrogen (secondary N) is 2. The van der Waals surface area contributed by atoms with Crippen LogP contribution in [0.4, 0.5) is 13.2 Å². The average Bonchev–Trinajstić information content (AvgIpc) is 3.16. The van der Waals surface area contributed by atoms with E-state index in [1.807, 2.05) is 0 Å². The van der Waals surface area contributed by atoms with E-state index in [2.05, 4.69) is 24.5 Å². The molecular weight excluding hydrogens is 495 g/mol. The fourth-order valence-electron chi connectivity index (χ4n) is 5.11. The van der Waals surface area contributed by atoms with E-state index < -0.39 is 33.5 Å². The number of hydrogen-bond donors (Lipinski definition) is 2. The van der Waals surface area contributed by atoms with Gasteiger partial charge in [-0.2, -0.15) is 13.2 Å². The number of hydrogen-bond acceptors (Lipinski definition) is 5. The topological polar surface area (TPSA) is 95.6 Å². The van der Waals surface area contributed by atoms with Gasteiger partial charge in [-0.25, -0.2) is 8.42 Å². The Balaban J connectivity index is 1.70. The highest BCUT2D eigenvalue weighted by Crippen LogP contribution is 2.33. The number of rotatable bonds is 9. The van der Waals surface area contributed by atoms with Crippen molar-refractivity contribution in [3.63, 3.8) is 0 Å². The van der Waals surface area contributed by atoms with Crippen LogP contribution in [0, 0.1) is 11.8 Å². The summed E-state index contributed by atoms with van der Waals surface area (Å²) >= 11 is 0. The van der Waals surface area contributed by atoms with E-state index in [0.717, 1.165) is 31.2 Å². The Labute approximate surface area is 211 Å². The molecule has 7 nitrogen and oxygen atoms in total. The lowest BCUT2D eigenvalue weighted by Gasteiger charge is -2.41. The van der Waals surface area contributed by atoms with Crippen molar-refractivity contribution in [1.82, 2.24) is 15.5 Å². The van der Waals surface area contributed by atoms with Crippen LogP contribution in [-0.2, 0) is 20.8 Å². The van der Waals surface area contributed by atoms with Crippen molar-refractivity contribution in [2.45, 2.75) is 70.8 Å². The van der Waals surface area contributed by atoms with Crippen LogP contribution >= 0.6 is 0 Å². The van der Waals surface area contributed by atoms with Gasteiger partial charge in [0, 0.05) is 29.9 Å². The molecule has 1 aromatic rings. The lowest BCUT2D eigenvalue weighted by Crippen LogP contribution is -2.52. The molecule has 4 atom stereocenters. The number of carbonyl (C=O) groups excluding carboxylic acids is 2. The summed E-state index contributed by atoms with van der Waals surface area (Å²) < 4.78 is 64.0. The van der Waals surface area contributed by atoms with E-state index in [0.29, 0.717) is 31.7 Å². The smallest absolute Gasteiger partial charge is 0.340 e. The van der Waals surface area contributed by atoms with Crippen molar-refractivity contribution in [3.8, 4) is 0 Å². The third-order valence-electron chi connectivity index (χ3n) is 7.06. The molecule has 1 aliphatic heterocycles. The highest BCUT2D eigenvalue weighted by molar-refractivity contribution is 7.91. The van der Waals surface area contributed by atoms with Gasteiger partial charge in [0.15, 0.2) is 0 Å². The zero-order valence-electron chi connectivity index (χ0n) is 21.0. The lowest BCUT2D eigenvalue weighted by molar-refractivity contribution is -0.137. The van der Waals surface area contributed by atoms with Gasteiger partial charge in [-0.15, -0.1) is 0 Å². The summed E-state index contributed by atoms with van der Waals surface area (Å²) in [5, 5.41) is 6.09. The number of alkyl halides is 3. The normalized spacial score (nSPS) is 25.4. The predicted octanol–water partition coefficient (Wildman–Crippen LogP) is 3.25. The van der Waals surface area contributed by atoms with Gasteiger partial charge >= 0.3 is 6.18 Å². The van der Waals surface area contributed by atoms with Crippen LogP contribution in [0.3, 0.4) is 0 Å². The first kappa shape index (κ1) is 28.4. The van der Waals surface area contributed by atoms with Crippen LogP contribution in [0.5, 0.6) is 0 Å². The molecular formula is C25H36F3N3O4S. The minimum atomic E-state index is -4.58. The van der Waals surface area contributed by atoms with Gasteiger partial charge in [-0.05, 0) is 62.3 Å². The summed E-state index contributed by atoms with van der Waals surface area (Å²) in [6.07, 6.45) is -2.15. The number of benzene rings is 1. The highest BCUT2D eigenvalue weighted by atomic mass is 32.2. The average molecular weight is 532 g/mol. The van der Waals surface area contributed by atoms with Gasteiger partial charge < -0.3 is 15.5 Å². The van der Waals surface area contributed by atoms with Gasteiger partial charge in [0.2, 0.25) is 5.91 Å². The molecule has 0 spiro atoms. The molecule has 1 heterocycles. The van der Waals surface area contributed by atoms with Gasteiger partial charge in [0.1, 0.15) is 15.9 Å². The number of likely N-dealkylation sites (tertiary alicyclic amines) is 1. The maximum absolute atomic E-state index is 13.2. The summed E-state index contributed by atoms with van der Waals surface area (Å²) in [5.74, 6) is -0.791. The number of nitrogens with zero attached hydrogens (tertiary/aromatic N) is 1. The molecule has 36 heavy (non-hydrogen) atoms. The van der Waals surface area contributed by atoms with Crippen molar-refractivity contribution >= 4 is 21.7 Å². The number of halogens is 3. The first-order valence-corrected chi connectivity index (χ1v) is 14.3. The first-order valence-electron chi connectivity index (χ1n) is 12.5. The van der Waals surface area contributed by atoms with Gasteiger partial charge in [0.05, 0.1) is 11.3 Å². The second-order valence-corrected chi connectivity index (χ2v) is 12.7. The van der Waals surface area contributed by atoms with Crippen LogP contribution in [0.15, 0.2) is 24.3 Å². The Hall–Kier alpha value is -2.14. The SMILES string of the molecule is CCS(=O)(=O)C[C@@H]1C[C@H](NCC(C)C)CC[C@@H]1N1CC[C@H](NC(=O)c2cccc(C(F)(F)F)c2)C1=O. The van der Waals surface area contributed by atoms with Crippen molar-refractivity contribution in [3.05, 3.63) is 35.4 Å². The molecule has 2 amide bonds. The second-order valence-electron chi connectivity index (χ2n) is 10.3. The molecule has 2 fully saturated rings. The highest BCUT2D eigenvalue weighted by Gasteiger charge is 2.43. The fourth-order valence-corrected chi connectivity index (χ4v) is 6.36. The number of carbonyl (C=O) groups is 2. The largest absolute Gasteiger partial charge is 0.416 e. The van der Waals surface area contributed by atoms with Gasteiger partial charge in [-0.1, -0.05) is 26.8 Å². The fraction of sp³-hybridized carbons (Fsp3) is 0.680. The molecule has 0 aromatic heterocycles. The lowest BCUT2D eigenvalue weighted by atomic mass is 9.81. The summed E-state index contributed by atoms with van der Waals surface area (Å²) in [7, 11) is -3.27. The predicted molar refractivity (Wildman–Crippen MR) is 131 cm³/mol. The van der Waals surface area contributed by atoms with E-state index >= 15 is 0 Å². The molecule has 0 bridgehead atoms. The van der Waals surface area contributed by atoms with E-state index in [4.69, 9.17) is 0 Å². The van der Waals surface area contributed by atoms with Crippen LogP contribution < -0.4 is 10.6 Å². The third kappa shape index (κ3) is 7.21. The standard InChI is InChI=1S/C25H36F3N3O4S/c1-4-36(34,35)15-18-13-20(29-14-16(2)3)8-9-22(18)31-11-10-21(24(31)33)30-23(32)17-6-5-7-19(12-17)25(26,27)28/h5-7,12,16,18,20-22,29H,4,8-11,13-15H2,1-3H3,(H,30,32)/t18-,20+,21-,22-/m0/s1. The van der Waals surface area contributed by atoms with Crippen LogP contribution in [-0.4, -0.2) is 67.9 Å². The molecule has 0 radical (unpaired) electrons. The quantitative estimate of drug-likeness (QED) is 0.510. The molecule has 1 aromatic carbocycles. The Morgan fingerprint density at radius 2 is 1.92 bits per heavy atom. The zero-order chi connectivity index (χ0) is 26.7. The summed E-state index contributed by atoms with van der Waals surface area (Å²) in [5.41, 5.74) is -1.10. The van der Waals surface area contributed by atoms with E-state index in [1.165, 1.54) is 6.07 Å². The summed E-state index contributed by atoms with van der Waals surface area (Å²) in [6, 6.07) is 3.15. The maximum Gasteiger partial charge on any atom is 0.416 e. The van der Waals surface area contributed by atoms with Crippen molar-refractivity contribution in [2.24, 2.45) is 11.8 Å². The van der Waals surface area contributed by atoms with Crippen molar-refractivity contribution in [2.75, 3.05) is 24.6 Å². The van der Waals surface area contributed by atoms with E-state index in [1.54, 1.807) is 11.8 Å². The Bertz CT molecular complexity index is 1050. The Morgan fingerprint density at radius 1 is 1.19 bits per heavy atom. The molecule has 1 saturated carbocycles. The minimum absolute atomic E-state index is 0.000927. The molecule has 1 saturated heterocycles. The van der Waals surface area contributed by atoms with Gasteiger partial charge in [0.25, 0.3) is 5.91 Å².